The van der Waals surface area contributed by atoms with Crippen molar-refractivity contribution in [3.8, 4) is 11.1 Å². The van der Waals surface area contributed by atoms with Crippen LogP contribution in [0.4, 0.5) is 5.69 Å². The van der Waals surface area contributed by atoms with Gasteiger partial charge in [0.15, 0.2) is 5.43 Å². The van der Waals surface area contributed by atoms with E-state index in [0.717, 1.165) is 11.1 Å². The summed E-state index contributed by atoms with van der Waals surface area (Å²) in [6, 6.07) is 10.3. The van der Waals surface area contributed by atoms with Crippen molar-refractivity contribution < 1.29 is 74.8 Å². The second-order valence-electron chi connectivity index (χ2n) is 8.48. The van der Waals surface area contributed by atoms with E-state index in [2.05, 4.69) is 14.8 Å². The number of aromatic nitrogens is 3. The van der Waals surface area contributed by atoms with E-state index in [0.29, 0.717) is 41.5 Å². The van der Waals surface area contributed by atoms with E-state index in [1.54, 1.807) is 53.5 Å². The van der Waals surface area contributed by atoms with Crippen LogP contribution in [0.2, 0.25) is 0 Å². The van der Waals surface area contributed by atoms with Gasteiger partial charge in [-0.15, -0.1) is 0 Å². The number of aryl methyl sites for hydroxylation is 1. The van der Waals surface area contributed by atoms with Crippen LogP contribution in [0.25, 0.3) is 32.8 Å². The van der Waals surface area contributed by atoms with Gasteiger partial charge in [-0.05, 0) is 29.7 Å². The minimum atomic E-state index is -3.87. The molecule has 37 heavy (non-hydrogen) atoms. The van der Waals surface area contributed by atoms with Crippen molar-refractivity contribution in [3.63, 3.8) is 0 Å². The molecule has 1 atom stereocenters. The molecule has 190 valence electrons. The summed E-state index contributed by atoms with van der Waals surface area (Å²) in [6.45, 7) is 1.43. The Bertz CT molecular complexity index is 1570. The second-order valence-corrected chi connectivity index (χ2v) is 10.3. The zero-order valence-corrected chi connectivity index (χ0v) is 24.8. The maximum absolute atomic E-state index is 13.5. The molecule has 0 saturated carbocycles. The van der Waals surface area contributed by atoms with Gasteiger partial charge in [0.25, 0.3) is 0 Å². The molecule has 0 bridgehead atoms. The molecule has 5 rings (SSSR count). The molecular weight excluding hydrogens is 525 g/mol. The molecule has 1 aliphatic rings. The Morgan fingerprint density at radius 2 is 1.89 bits per heavy atom. The van der Waals surface area contributed by atoms with Crippen molar-refractivity contribution in [3.05, 3.63) is 65.2 Å². The van der Waals surface area contributed by atoms with Crippen molar-refractivity contribution in [1.82, 2.24) is 19.1 Å². The van der Waals surface area contributed by atoms with Crippen molar-refractivity contribution >= 4 is 37.6 Å². The summed E-state index contributed by atoms with van der Waals surface area (Å²) in [5, 5.41) is 5.69. The predicted octanol–water partition coefficient (Wildman–Crippen LogP) is -1.67. The molecule has 1 fully saturated rings. The van der Waals surface area contributed by atoms with E-state index in [-0.39, 0.29) is 80.6 Å². The third kappa shape index (κ3) is 6.62. The van der Waals surface area contributed by atoms with Crippen LogP contribution in [-0.2, 0) is 26.7 Å². The SMILES string of the molecule is CN(C[C@@H]1COCCO1)S(=O)(=O)Nc1ccc2ccc3ncc(-c4cnn(C)c4)cc3c(=O)c2c1.O.[K+]. The molecule has 0 aliphatic carbocycles. The molecule has 13 heteroatoms. The maximum atomic E-state index is 13.5. The van der Waals surface area contributed by atoms with Crippen molar-refractivity contribution in [1.29, 1.82) is 0 Å². The number of nitrogens with one attached hydrogen (secondary N) is 1. The molecule has 0 unspecified atom stereocenters. The van der Waals surface area contributed by atoms with Gasteiger partial charge >= 0.3 is 61.6 Å². The number of pyridine rings is 1. The van der Waals surface area contributed by atoms with Crippen LogP contribution in [0.3, 0.4) is 0 Å². The van der Waals surface area contributed by atoms with E-state index in [1.165, 1.54) is 11.4 Å². The molecule has 0 radical (unpaired) electrons. The van der Waals surface area contributed by atoms with Gasteiger partial charge in [0.2, 0.25) is 0 Å². The average Bonchev–Trinajstić information content (AvgIpc) is 3.23. The third-order valence-electron chi connectivity index (χ3n) is 5.92. The first-order valence-electron chi connectivity index (χ1n) is 11.1. The van der Waals surface area contributed by atoms with Crippen LogP contribution >= 0.6 is 0 Å². The molecule has 1 saturated heterocycles. The fraction of sp³-hybridized carbons (Fsp3) is 0.292. The van der Waals surface area contributed by atoms with Gasteiger partial charge in [-0.1, -0.05) is 12.1 Å². The Labute approximate surface area is 256 Å². The van der Waals surface area contributed by atoms with Crippen LogP contribution in [0.5, 0.6) is 0 Å². The second kappa shape index (κ2) is 12.4. The first kappa shape index (κ1) is 29.8. The minimum Gasteiger partial charge on any atom is -0.412 e. The standard InChI is InChI=1S/C24H25N5O5S.K.H2O/c1-28-13-18(12-26-28)17-9-22-23(25-11-17)6-4-16-3-5-19(10-21(16)24(22)30)27-35(31,32)29(2)14-20-15-33-7-8-34-20;;/h3-6,9-13,20,27H,7-8,14-15H2,1-2H3;;1H2/q;+1;/t20-;;/m1../s1. The summed E-state index contributed by atoms with van der Waals surface area (Å²) >= 11 is 0. The molecule has 3 N–H and O–H groups in total. The van der Waals surface area contributed by atoms with E-state index < -0.39 is 10.2 Å². The van der Waals surface area contributed by atoms with Gasteiger partial charge < -0.3 is 14.9 Å². The quantitative estimate of drug-likeness (QED) is 0.281. The summed E-state index contributed by atoms with van der Waals surface area (Å²) in [4.78, 5) is 18.0. The molecule has 4 aromatic rings. The Morgan fingerprint density at radius 1 is 1.11 bits per heavy atom. The number of hydrogen-bond donors (Lipinski definition) is 1. The van der Waals surface area contributed by atoms with Gasteiger partial charge in [-0.2, -0.15) is 17.8 Å². The first-order chi connectivity index (χ1) is 16.8. The molecule has 0 amide bonds. The van der Waals surface area contributed by atoms with Crippen LogP contribution in [0.15, 0.2) is 59.8 Å². The van der Waals surface area contributed by atoms with Crippen molar-refractivity contribution in [2.45, 2.75) is 6.10 Å². The van der Waals surface area contributed by atoms with Crippen molar-refractivity contribution in [2.75, 3.05) is 38.1 Å². The number of rotatable bonds is 6. The van der Waals surface area contributed by atoms with E-state index in [1.807, 2.05) is 13.2 Å². The largest absolute Gasteiger partial charge is 1.00 e. The molecule has 1 aliphatic heterocycles. The van der Waals surface area contributed by atoms with Crippen LogP contribution < -0.4 is 61.5 Å². The molecule has 3 heterocycles. The van der Waals surface area contributed by atoms with E-state index in [9.17, 15) is 13.2 Å². The fourth-order valence-electron chi connectivity index (χ4n) is 4.05. The topological polar surface area (TPSA) is 147 Å². The van der Waals surface area contributed by atoms with Crippen LogP contribution in [-0.4, -0.2) is 72.5 Å². The average molecular weight is 553 g/mol. The molecule has 11 nitrogen and oxygen atoms in total. The van der Waals surface area contributed by atoms with Gasteiger partial charge in [0, 0.05) is 54.9 Å². The van der Waals surface area contributed by atoms with E-state index in [4.69, 9.17) is 9.47 Å². The fourth-order valence-corrected chi connectivity index (χ4v) is 4.99. The Morgan fingerprint density at radius 3 is 2.59 bits per heavy atom. The number of ether oxygens (including phenoxy) is 2. The summed E-state index contributed by atoms with van der Waals surface area (Å²) < 4.78 is 42.1. The van der Waals surface area contributed by atoms with Crippen LogP contribution in [0, 0.1) is 0 Å². The molecule has 0 spiro atoms. The minimum absolute atomic E-state index is 0. The normalized spacial score (nSPS) is 15.8. The molecular formula is C24H27KN5O6S+. The first-order valence-corrected chi connectivity index (χ1v) is 12.5. The molecule has 2 aromatic heterocycles. The number of likely N-dealkylation sites (N-methyl/N-ethyl adjacent to an activating group) is 1. The smallest absolute Gasteiger partial charge is 0.412 e. The zero-order chi connectivity index (χ0) is 24.6. The summed E-state index contributed by atoms with van der Waals surface area (Å²) in [5.74, 6) is 0. The number of benzene rings is 1. The van der Waals surface area contributed by atoms with Crippen molar-refractivity contribution in [2.24, 2.45) is 7.05 Å². The maximum Gasteiger partial charge on any atom is 1.00 e. The third-order valence-corrected chi connectivity index (χ3v) is 7.39. The number of fused-ring (bicyclic) bond motifs is 2. The monoisotopic (exact) mass is 552 g/mol. The summed E-state index contributed by atoms with van der Waals surface area (Å²) in [6.07, 6.45) is 4.94. The number of anilines is 1. The van der Waals surface area contributed by atoms with Crippen LogP contribution in [0.1, 0.15) is 0 Å². The van der Waals surface area contributed by atoms with Gasteiger partial charge in [-0.25, -0.2) is 0 Å². The van der Waals surface area contributed by atoms with Gasteiger partial charge in [0.1, 0.15) is 0 Å². The zero-order valence-electron chi connectivity index (χ0n) is 20.8. The predicted molar refractivity (Wildman–Crippen MR) is 137 cm³/mol. The number of hydrogen-bond acceptors (Lipinski definition) is 7. The number of nitrogens with zero attached hydrogens (tertiary/aromatic N) is 4. The van der Waals surface area contributed by atoms with E-state index >= 15 is 0 Å². The molecule has 2 aromatic carbocycles. The summed E-state index contributed by atoms with van der Waals surface area (Å²) in [5.41, 5.74) is 2.23. The van der Waals surface area contributed by atoms with Gasteiger partial charge in [-0.3, -0.25) is 19.2 Å². The summed E-state index contributed by atoms with van der Waals surface area (Å²) in [7, 11) is -0.578. The Kier molecular flexibility index (Phi) is 9.96. The van der Waals surface area contributed by atoms with Gasteiger partial charge in [0.05, 0.1) is 43.3 Å². The Hall–Kier alpha value is -1.78. The Balaban J connectivity index is 0.00000190.